The number of carbonyl (C=O) groups is 1. The van der Waals surface area contributed by atoms with Crippen LogP contribution in [0.3, 0.4) is 0 Å². The number of para-hydroxylation sites is 2. The molecule has 1 aliphatic rings. The van der Waals surface area contributed by atoms with Crippen molar-refractivity contribution in [3.05, 3.63) is 100 Å². The maximum atomic E-state index is 11.5. The van der Waals surface area contributed by atoms with Crippen LogP contribution in [0.25, 0.3) is 11.1 Å². The summed E-state index contributed by atoms with van der Waals surface area (Å²) >= 11 is 0. The average molecular weight is 539 g/mol. The number of nitrogens with one attached hydrogen (secondary N) is 2. The second-order valence-electron chi connectivity index (χ2n) is 8.55. The van der Waals surface area contributed by atoms with E-state index >= 15 is 0 Å². The van der Waals surface area contributed by atoms with Crippen molar-refractivity contribution in [1.29, 1.82) is 0 Å². The summed E-state index contributed by atoms with van der Waals surface area (Å²) in [6.45, 7) is 5.30. The van der Waals surface area contributed by atoms with Gasteiger partial charge in [-0.2, -0.15) is 0 Å². The van der Waals surface area contributed by atoms with Crippen LogP contribution in [0.15, 0.2) is 89.5 Å². The molecular formula is C28H34N4O5S. The summed E-state index contributed by atoms with van der Waals surface area (Å²) in [4.78, 5) is 20.0. The molecule has 0 aromatic heterocycles. The fourth-order valence-corrected chi connectivity index (χ4v) is 4.15. The Morgan fingerprint density at radius 1 is 1.00 bits per heavy atom. The van der Waals surface area contributed by atoms with E-state index in [0.29, 0.717) is 12.0 Å². The molecule has 0 bridgehead atoms. The van der Waals surface area contributed by atoms with E-state index in [4.69, 9.17) is 5.14 Å². The van der Waals surface area contributed by atoms with Crippen LogP contribution in [-0.4, -0.2) is 26.3 Å². The molecule has 202 valence electrons. The molecule has 1 saturated carbocycles. The van der Waals surface area contributed by atoms with E-state index < -0.39 is 14.9 Å². The van der Waals surface area contributed by atoms with Crippen molar-refractivity contribution in [2.45, 2.75) is 44.4 Å². The van der Waals surface area contributed by atoms with Crippen LogP contribution < -0.4 is 15.8 Å². The zero-order valence-electron chi connectivity index (χ0n) is 21.6. The Hall–Kier alpha value is -4.02. The maximum absolute atomic E-state index is 11.5. The van der Waals surface area contributed by atoms with E-state index in [2.05, 4.69) is 23.8 Å². The first-order valence-electron chi connectivity index (χ1n) is 12.2. The number of benzene rings is 3. The van der Waals surface area contributed by atoms with E-state index in [-0.39, 0.29) is 16.3 Å². The highest BCUT2D eigenvalue weighted by Crippen LogP contribution is 2.26. The number of hydrogen-bond acceptors (Lipinski definition) is 6. The number of nitro groups is 1. The second kappa shape index (κ2) is 15.3. The molecule has 4 N–H and O–H groups in total. The normalized spacial score (nSPS) is 11.9. The van der Waals surface area contributed by atoms with Crippen molar-refractivity contribution >= 4 is 27.8 Å². The molecule has 0 unspecified atom stereocenters. The zero-order valence-corrected chi connectivity index (χ0v) is 22.4. The van der Waals surface area contributed by atoms with E-state index in [1.807, 2.05) is 31.2 Å². The van der Waals surface area contributed by atoms with Crippen molar-refractivity contribution < 1.29 is 18.1 Å². The Morgan fingerprint density at radius 3 is 2.18 bits per heavy atom. The van der Waals surface area contributed by atoms with Crippen molar-refractivity contribution in [3.63, 3.8) is 0 Å². The molecule has 1 fully saturated rings. The number of nitrogens with zero attached hydrogens (tertiary/aromatic N) is 1. The van der Waals surface area contributed by atoms with E-state index in [0.717, 1.165) is 17.7 Å². The number of anilines is 1. The number of carbonyl (C=O) groups excluding carboxylic acids is 1. The van der Waals surface area contributed by atoms with Crippen LogP contribution in [-0.2, 0) is 14.8 Å². The molecule has 9 nitrogen and oxygen atoms in total. The predicted molar refractivity (Wildman–Crippen MR) is 151 cm³/mol. The number of aryl methyl sites for hydroxylation is 1. The third kappa shape index (κ3) is 9.79. The molecule has 1 aliphatic carbocycles. The van der Waals surface area contributed by atoms with Crippen molar-refractivity contribution in [3.8, 4) is 11.1 Å². The van der Waals surface area contributed by atoms with Gasteiger partial charge in [0.2, 0.25) is 16.4 Å². The molecule has 0 saturated heterocycles. The van der Waals surface area contributed by atoms with Gasteiger partial charge in [-0.05, 0) is 56.5 Å². The molecule has 10 heteroatoms. The Balaban J connectivity index is 0.000000212. The summed E-state index contributed by atoms with van der Waals surface area (Å²) in [5.41, 5.74) is 4.31. The molecule has 0 spiro atoms. The van der Waals surface area contributed by atoms with Gasteiger partial charge in [-0.15, -0.1) is 0 Å². The first-order valence-corrected chi connectivity index (χ1v) is 13.8. The highest BCUT2D eigenvalue weighted by molar-refractivity contribution is 7.89. The van der Waals surface area contributed by atoms with Gasteiger partial charge in [0, 0.05) is 18.2 Å². The van der Waals surface area contributed by atoms with Crippen LogP contribution in [0.1, 0.15) is 38.2 Å². The van der Waals surface area contributed by atoms with Crippen LogP contribution in [0.5, 0.6) is 0 Å². The molecule has 0 heterocycles. The topological polar surface area (TPSA) is 144 Å². The lowest BCUT2D eigenvalue weighted by Gasteiger charge is -2.15. The molecule has 0 aliphatic heterocycles. The molecule has 3 aromatic rings. The minimum atomic E-state index is -3.69. The fraction of sp³-hybridized carbons (Fsp3) is 0.250. The third-order valence-electron chi connectivity index (χ3n) is 5.57. The maximum Gasteiger partial charge on any atom is 0.292 e. The SMILES string of the molecule is CCCNC=C1CCC1.Cc1ccc(-c2ccccc2S(N)(=O)=O)cc1.O=CNc1ccccc1[N+](=O)[O-]. The summed E-state index contributed by atoms with van der Waals surface area (Å²) in [5, 5.41) is 21.1. The Bertz CT molecular complexity index is 1330. The van der Waals surface area contributed by atoms with Crippen LogP contribution in [0.2, 0.25) is 0 Å². The Kier molecular flexibility index (Phi) is 12.1. The number of amides is 1. The van der Waals surface area contributed by atoms with Gasteiger partial charge in [-0.3, -0.25) is 14.9 Å². The van der Waals surface area contributed by atoms with Gasteiger partial charge in [0.25, 0.3) is 5.69 Å². The summed E-state index contributed by atoms with van der Waals surface area (Å²) in [7, 11) is -3.69. The van der Waals surface area contributed by atoms with Crippen molar-refractivity contribution in [2.24, 2.45) is 5.14 Å². The molecule has 0 radical (unpaired) electrons. The van der Waals surface area contributed by atoms with Gasteiger partial charge in [0.05, 0.1) is 9.82 Å². The number of rotatable bonds is 8. The van der Waals surface area contributed by atoms with Crippen molar-refractivity contribution in [1.82, 2.24) is 5.32 Å². The fourth-order valence-electron chi connectivity index (χ4n) is 3.39. The number of primary sulfonamides is 1. The highest BCUT2D eigenvalue weighted by atomic mass is 32.2. The smallest absolute Gasteiger partial charge is 0.292 e. The lowest BCUT2D eigenvalue weighted by atomic mass is 9.94. The van der Waals surface area contributed by atoms with Crippen LogP contribution in [0, 0.1) is 17.0 Å². The van der Waals surface area contributed by atoms with Gasteiger partial charge < -0.3 is 10.6 Å². The minimum Gasteiger partial charge on any atom is -0.391 e. The third-order valence-corrected chi connectivity index (χ3v) is 6.54. The number of nitro benzene ring substituents is 1. The Morgan fingerprint density at radius 2 is 1.63 bits per heavy atom. The van der Waals surface area contributed by atoms with Gasteiger partial charge in [-0.1, -0.05) is 72.7 Å². The van der Waals surface area contributed by atoms with Crippen LogP contribution >= 0.6 is 0 Å². The zero-order chi connectivity index (χ0) is 28.0. The number of hydrogen-bond donors (Lipinski definition) is 3. The molecule has 3 aromatic carbocycles. The number of allylic oxidation sites excluding steroid dienone is 1. The van der Waals surface area contributed by atoms with E-state index in [1.54, 1.807) is 29.8 Å². The standard InChI is InChI=1S/C13H13NO2S.C8H15N.C7H6N2O3/c1-10-6-8-11(9-7-10)12-4-2-3-5-13(12)17(14,15)16;1-2-6-9-7-8-4-3-5-8;10-5-8-6-3-1-2-4-7(6)9(11)12/h2-9H,1H3,(H2,14,15,16);7,9H,2-6H2,1H3;1-5H,(H,8,10). The second-order valence-corrected chi connectivity index (χ2v) is 10.1. The highest BCUT2D eigenvalue weighted by Gasteiger charge is 2.14. The minimum absolute atomic E-state index is 0.107. The largest absolute Gasteiger partial charge is 0.391 e. The molecule has 0 atom stereocenters. The first kappa shape index (κ1) is 30.2. The van der Waals surface area contributed by atoms with E-state index in [1.165, 1.54) is 49.9 Å². The summed E-state index contributed by atoms with van der Waals surface area (Å²) in [6, 6.07) is 20.3. The molecule has 38 heavy (non-hydrogen) atoms. The molecular weight excluding hydrogens is 504 g/mol. The van der Waals surface area contributed by atoms with Crippen LogP contribution in [0.4, 0.5) is 11.4 Å². The van der Waals surface area contributed by atoms with E-state index in [9.17, 15) is 23.3 Å². The molecule has 1 amide bonds. The number of nitrogens with two attached hydrogens (primary N) is 1. The van der Waals surface area contributed by atoms with Gasteiger partial charge >= 0.3 is 0 Å². The average Bonchev–Trinajstić information content (AvgIpc) is 2.87. The summed E-state index contributed by atoms with van der Waals surface area (Å²) in [6.07, 6.45) is 7.88. The summed E-state index contributed by atoms with van der Waals surface area (Å²) < 4.78 is 22.9. The van der Waals surface area contributed by atoms with Gasteiger partial charge in [-0.25, -0.2) is 13.6 Å². The monoisotopic (exact) mass is 538 g/mol. The number of sulfonamides is 1. The lowest BCUT2D eigenvalue weighted by Crippen LogP contribution is -2.13. The molecule has 4 rings (SSSR count). The Labute approximate surface area is 224 Å². The van der Waals surface area contributed by atoms with Gasteiger partial charge in [0.15, 0.2) is 0 Å². The first-order chi connectivity index (χ1) is 18.2. The van der Waals surface area contributed by atoms with Crippen molar-refractivity contribution in [2.75, 3.05) is 11.9 Å². The lowest BCUT2D eigenvalue weighted by molar-refractivity contribution is -0.383. The predicted octanol–water partition coefficient (Wildman–Crippen LogP) is 5.53. The quantitative estimate of drug-likeness (QED) is 0.149. The van der Waals surface area contributed by atoms with Gasteiger partial charge in [0.1, 0.15) is 5.69 Å². The summed E-state index contributed by atoms with van der Waals surface area (Å²) in [5.74, 6) is 0.